The third kappa shape index (κ3) is 4.55. The lowest BCUT2D eigenvalue weighted by Crippen LogP contribution is -3.14. The molecular weight excluding hydrogens is 256 g/mol. The third-order valence-corrected chi connectivity index (χ3v) is 5.56. The van der Waals surface area contributed by atoms with Gasteiger partial charge in [-0.05, 0) is 18.8 Å². The van der Waals surface area contributed by atoms with Crippen molar-refractivity contribution in [2.45, 2.75) is 64.1 Å². The summed E-state index contributed by atoms with van der Waals surface area (Å²) in [5, 5.41) is 2.74. The molecule has 1 aromatic rings. The maximum Gasteiger partial charge on any atom is 0.103 e. The van der Waals surface area contributed by atoms with Crippen LogP contribution in [-0.4, -0.2) is 25.2 Å². The van der Waals surface area contributed by atoms with Crippen LogP contribution in [-0.2, 0) is 6.54 Å². The Bertz CT molecular complexity index is 409. The van der Waals surface area contributed by atoms with Crippen molar-refractivity contribution in [3.05, 3.63) is 35.9 Å². The standard InChI is InChI=1S/C19H30N2/c1-16-6-5-9-19(14-16)20-18-10-12-21(13-11-18)15-17-7-3-2-4-8-17/h2-4,7-8,16,18-20H,5-6,9-15H2,1H3/p+2/t16-,19-/m1/s1. The predicted octanol–water partition coefficient (Wildman–Crippen LogP) is 1.38. The smallest absolute Gasteiger partial charge is 0.103 e. The highest BCUT2D eigenvalue weighted by molar-refractivity contribution is 5.13. The molecule has 2 fully saturated rings. The lowest BCUT2D eigenvalue weighted by atomic mass is 9.86. The number of benzene rings is 1. The van der Waals surface area contributed by atoms with E-state index >= 15 is 0 Å². The summed E-state index contributed by atoms with van der Waals surface area (Å²) in [7, 11) is 0. The van der Waals surface area contributed by atoms with Gasteiger partial charge in [-0.15, -0.1) is 0 Å². The van der Waals surface area contributed by atoms with Crippen molar-refractivity contribution >= 4 is 0 Å². The maximum absolute atomic E-state index is 2.74. The first kappa shape index (κ1) is 15.1. The van der Waals surface area contributed by atoms with Crippen LogP contribution in [0.15, 0.2) is 30.3 Å². The van der Waals surface area contributed by atoms with Gasteiger partial charge < -0.3 is 10.2 Å². The Labute approximate surface area is 129 Å². The van der Waals surface area contributed by atoms with E-state index < -0.39 is 0 Å². The minimum absolute atomic E-state index is 0.903. The van der Waals surface area contributed by atoms with E-state index in [0.717, 1.165) is 18.0 Å². The summed E-state index contributed by atoms with van der Waals surface area (Å²) in [6.45, 7) is 6.37. The van der Waals surface area contributed by atoms with Gasteiger partial charge in [0, 0.05) is 24.8 Å². The molecule has 3 N–H and O–H groups in total. The van der Waals surface area contributed by atoms with Gasteiger partial charge in [-0.1, -0.05) is 43.7 Å². The van der Waals surface area contributed by atoms with Gasteiger partial charge in [0.2, 0.25) is 0 Å². The van der Waals surface area contributed by atoms with Gasteiger partial charge in [0.15, 0.2) is 0 Å². The SMILES string of the molecule is C[C@@H]1CCC[C@@H]([NH2+]C2CC[NH+](Cc3ccccc3)CC2)C1. The number of nitrogens with two attached hydrogens (primary N) is 1. The Morgan fingerprint density at radius 2 is 1.76 bits per heavy atom. The molecular formula is C19H32N2+2. The van der Waals surface area contributed by atoms with Crippen LogP contribution in [0.25, 0.3) is 0 Å². The Morgan fingerprint density at radius 1 is 1.00 bits per heavy atom. The average Bonchev–Trinajstić information content (AvgIpc) is 2.50. The van der Waals surface area contributed by atoms with Crippen molar-refractivity contribution in [1.82, 2.24) is 0 Å². The molecule has 0 radical (unpaired) electrons. The molecule has 116 valence electrons. The fourth-order valence-electron chi connectivity index (χ4n) is 4.34. The molecule has 0 spiro atoms. The Balaban J connectivity index is 1.40. The lowest BCUT2D eigenvalue weighted by Gasteiger charge is -2.32. The first-order chi connectivity index (χ1) is 10.3. The van der Waals surface area contributed by atoms with E-state index in [4.69, 9.17) is 0 Å². The molecule has 0 unspecified atom stereocenters. The van der Waals surface area contributed by atoms with E-state index in [-0.39, 0.29) is 0 Å². The van der Waals surface area contributed by atoms with Crippen molar-refractivity contribution in [3.63, 3.8) is 0 Å². The van der Waals surface area contributed by atoms with Crippen LogP contribution in [0.5, 0.6) is 0 Å². The monoisotopic (exact) mass is 288 g/mol. The van der Waals surface area contributed by atoms with Crippen molar-refractivity contribution < 1.29 is 10.2 Å². The Hall–Kier alpha value is -0.860. The second-order valence-corrected chi connectivity index (χ2v) is 7.47. The van der Waals surface area contributed by atoms with Crippen molar-refractivity contribution in [3.8, 4) is 0 Å². The third-order valence-electron chi connectivity index (χ3n) is 5.56. The minimum Gasteiger partial charge on any atom is -0.341 e. The van der Waals surface area contributed by atoms with E-state index in [1.807, 2.05) is 0 Å². The van der Waals surface area contributed by atoms with E-state index in [1.165, 1.54) is 63.7 Å². The molecule has 21 heavy (non-hydrogen) atoms. The molecule has 1 aliphatic heterocycles. The van der Waals surface area contributed by atoms with Gasteiger partial charge in [0.25, 0.3) is 0 Å². The summed E-state index contributed by atoms with van der Waals surface area (Å²) < 4.78 is 0. The summed E-state index contributed by atoms with van der Waals surface area (Å²) in [5.41, 5.74) is 1.50. The summed E-state index contributed by atoms with van der Waals surface area (Å²) >= 11 is 0. The van der Waals surface area contributed by atoms with E-state index in [9.17, 15) is 0 Å². The zero-order chi connectivity index (χ0) is 14.5. The van der Waals surface area contributed by atoms with Gasteiger partial charge in [0.1, 0.15) is 6.54 Å². The zero-order valence-electron chi connectivity index (χ0n) is 13.6. The Kier molecular flexibility index (Phi) is 5.32. The highest BCUT2D eigenvalue weighted by atomic mass is 15.1. The number of piperidine rings is 1. The normalized spacial score (nSPS) is 33.8. The van der Waals surface area contributed by atoms with Gasteiger partial charge in [-0.3, -0.25) is 0 Å². The van der Waals surface area contributed by atoms with Gasteiger partial charge in [-0.2, -0.15) is 0 Å². The highest BCUT2D eigenvalue weighted by Crippen LogP contribution is 2.21. The summed E-state index contributed by atoms with van der Waals surface area (Å²) in [5.74, 6) is 0.962. The van der Waals surface area contributed by atoms with E-state index in [1.54, 1.807) is 4.90 Å². The summed E-state index contributed by atoms with van der Waals surface area (Å²) in [4.78, 5) is 1.78. The van der Waals surface area contributed by atoms with Crippen LogP contribution >= 0.6 is 0 Å². The second kappa shape index (κ2) is 7.42. The quantitative estimate of drug-likeness (QED) is 0.835. The number of nitrogens with one attached hydrogen (secondary N) is 1. The second-order valence-electron chi connectivity index (χ2n) is 7.47. The molecule has 0 bridgehead atoms. The highest BCUT2D eigenvalue weighted by Gasteiger charge is 2.29. The fourth-order valence-corrected chi connectivity index (χ4v) is 4.34. The van der Waals surface area contributed by atoms with Crippen LogP contribution in [0.2, 0.25) is 0 Å². The van der Waals surface area contributed by atoms with E-state index in [2.05, 4.69) is 42.6 Å². The predicted molar refractivity (Wildman–Crippen MR) is 87.2 cm³/mol. The molecule has 1 saturated heterocycles. The first-order valence-corrected chi connectivity index (χ1v) is 9.02. The van der Waals surface area contributed by atoms with Crippen LogP contribution in [0, 0.1) is 5.92 Å². The molecule has 3 rings (SSSR count). The molecule has 1 aliphatic carbocycles. The van der Waals surface area contributed by atoms with Crippen LogP contribution < -0.4 is 10.2 Å². The number of hydrogen-bond donors (Lipinski definition) is 2. The Morgan fingerprint density at radius 3 is 2.48 bits per heavy atom. The molecule has 2 heteroatoms. The number of likely N-dealkylation sites (tertiary alicyclic amines) is 1. The van der Waals surface area contributed by atoms with Crippen LogP contribution in [0.3, 0.4) is 0 Å². The largest absolute Gasteiger partial charge is 0.341 e. The zero-order valence-corrected chi connectivity index (χ0v) is 13.6. The van der Waals surface area contributed by atoms with Crippen molar-refractivity contribution in [2.24, 2.45) is 5.92 Å². The molecule has 1 aromatic carbocycles. The van der Waals surface area contributed by atoms with Crippen molar-refractivity contribution in [1.29, 1.82) is 0 Å². The van der Waals surface area contributed by atoms with Gasteiger partial charge in [0.05, 0.1) is 25.2 Å². The maximum atomic E-state index is 2.74. The van der Waals surface area contributed by atoms with Crippen LogP contribution in [0.4, 0.5) is 0 Å². The average molecular weight is 288 g/mol. The number of hydrogen-bond acceptors (Lipinski definition) is 0. The van der Waals surface area contributed by atoms with Gasteiger partial charge in [-0.25, -0.2) is 0 Å². The molecule has 0 amide bonds. The van der Waals surface area contributed by atoms with E-state index in [0.29, 0.717) is 0 Å². The van der Waals surface area contributed by atoms with Crippen LogP contribution in [0.1, 0.15) is 51.0 Å². The number of rotatable bonds is 4. The fraction of sp³-hybridized carbons (Fsp3) is 0.684. The minimum atomic E-state index is 0.903. The number of quaternary nitrogens is 2. The first-order valence-electron chi connectivity index (χ1n) is 9.02. The molecule has 2 atom stereocenters. The topological polar surface area (TPSA) is 21.1 Å². The lowest BCUT2D eigenvalue weighted by molar-refractivity contribution is -0.927. The molecule has 2 aliphatic rings. The summed E-state index contributed by atoms with van der Waals surface area (Å²) in [6.07, 6.45) is 8.66. The van der Waals surface area contributed by atoms with Gasteiger partial charge >= 0.3 is 0 Å². The molecule has 2 nitrogen and oxygen atoms in total. The molecule has 1 saturated carbocycles. The summed E-state index contributed by atoms with van der Waals surface area (Å²) in [6, 6.07) is 12.8. The molecule has 1 heterocycles. The van der Waals surface area contributed by atoms with Crippen molar-refractivity contribution in [2.75, 3.05) is 13.1 Å². The molecule has 0 aromatic heterocycles.